The topological polar surface area (TPSA) is 50.4 Å². The van der Waals surface area contributed by atoms with Crippen molar-refractivity contribution in [3.05, 3.63) is 0 Å². The molecule has 13 heavy (non-hydrogen) atoms. The molecule has 2 rings (SSSR count). The van der Waals surface area contributed by atoms with E-state index in [1.165, 1.54) is 6.42 Å². The lowest BCUT2D eigenvalue weighted by Gasteiger charge is -2.07. The van der Waals surface area contributed by atoms with E-state index in [1.807, 2.05) is 6.92 Å². The van der Waals surface area contributed by atoms with Crippen LogP contribution in [-0.4, -0.2) is 31.8 Å². The third-order valence-electron chi connectivity index (χ3n) is 2.93. The molecule has 74 valence electrons. The highest BCUT2D eigenvalue weighted by molar-refractivity contribution is 5.68. The van der Waals surface area contributed by atoms with Crippen molar-refractivity contribution in [3.63, 3.8) is 0 Å². The highest BCUT2D eigenvalue weighted by atomic mass is 16.5. The van der Waals surface area contributed by atoms with E-state index in [4.69, 9.17) is 4.74 Å². The van der Waals surface area contributed by atoms with Crippen LogP contribution in [0.25, 0.3) is 0 Å². The summed E-state index contributed by atoms with van der Waals surface area (Å²) in [5.74, 6) is 1.35. The van der Waals surface area contributed by atoms with E-state index in [1.54, 1.807) is 0 Å². The molecular formula is C9H16N2O2. The molecule has 1 saturated carbocycles. The summed E-state index contributed by atoms with van der Waals surface area (Å²) < 4.78 is 4.83. The SMILES string of the molecule is CCOC(=O)NC1C2CCNCC21. The van der Waals surface area contributed by atoms with Gasteiger partial charge in [-0.1, -0.05) is 0 Å². The zero-order valence-corrected chi connectivity index (χ0v) is 7.88. The molecule has 1 amide bonds. The van der Waals surface area contributed by atoms with Gasteiger partial charge in [0.2, 0.25) is 0 Å². The molecule has 1 aliphatic carbocycles. The number of nitrogens with one attached hydrogen (secondary N) is 2. The third-order valence-corrected chi connectivity index (χ3v) is 2.93. The summed E-state index contributed by atoms with van der Waals surface area (Å²) >= 11 is 0. The molecule has 3 unspecified atom stereocenters. The number of carbonyl (C=O) groups excluding carboxylic acids is 1. The summed E-state index contributed by atoms with van der Waals surface area (Å²) in [6, 6.07) is 0.369. The van der Waals surface area contributed by atoms with Crippen molar-refractivity contribution in [3.8, 4) is 0 Å². The van der Waals surface area contributed by atoms with Gasteiger partial charge in [-0.25, -0.2) is 4.79 Å². The predicted octanol–water partition coefficient (Wildman–Crippen LogP) is 0.340. The van der Waals surface area contributed by atoms with Crippen LogP contribution in [0.1, 0.15) is 13.3 Å². The van der Waals surface area contributed by atoms with E-state index < -0.39 is 0 Å². The Morgan fingerprint density at radius 2 is 2.46 bits per heavy atom. The maximum absolute atomic E-state index is 11.1. The Bertz CT molecular complexity index is 196. The lowest BCUT2D eigenvalue weighted by molar-refractivity contribution is 0.151. The fourth-order valence-corrected chi connectivity index (χ4v) is 2.18. The van der Waals surface area contributed by atoms with Crippen molar-refractivity contribution in [1.29, 1.82) is 0 Å². The fourth-order valence-electron chi connectivity index (χ4n) is 2.18. The van der Waals surface area contributed by atoms with Gasteiger partial charge in [-0.2, -0.15) is 0 Å². The van der Waals surface area contributed by atoms with Crippen LogP contribution in [0.3, 0.4) is 0 Å². The van der Waals surface area contributed by atoms with Crippen molar-refractivity contribution in [2.75, 3.05) is 19.7 Å². The van der Waals surface area contributed by atoms with Crippen LogP contribution in [-0.2, 0) is 4.74 Å². The number of hydrogen-bond acceptors (Lipinski definition) is 3. The maximum atomic E-state index is 11.1. The van der Waals surface area contributed by atoms with Crippen molar-refractivity contribution >= 4 is 6.09 Å². The minimum absolute atomic E-state index is 0.262. The first-order valence-corrected chi connectivity index (χ1v) is 4.97. The summed E-state index contributed by atoms with van der Waals surface area (Å²) in [6.45, 7) is 4.40. The number of carbonyl (C=O) groups is 1. The number of alkyl carbamates (subject to hydrolysis) is 1. The number of rotatable bonds is 2. The van der Waals surface area contributed by atoms with Gasteiger partial charge in [-0.3, -0.25) is 0 Å². The Labute approximate surface area is 78.0 Å². The van der Waals surface area contributed by atoms with Gasteiger partial charge in [-0.05, 0) is 31.7 Å². The summed E-state index contributed by atoms with van der Waals surface area (Å²) in [5.41, 5.74) is 0. The first-order valence-electron chi connectivity index (χ1n) is 4.97. The number of amides is 1. The largest absolute Gasteiger partial charge is 0.450 e. The second kappa shape index (κ2) is 3.54. The molecule has 1 heterocycles. The van der Waals surface area contributed by atoms with Gasteiger partial charge in [0.25, 0.3) is 0 Å². The molecule has 0 aromatic carbocycles. The van der Waals surface area contributed by atoms with Gasteiger partial charge in [0, 0.05) is 12.6 Å². The highest BCUT2D eigenvalue weighted by Crippen LogP contribution is 2.42. The number of fused-ring (bicyclic) bond motifs is 1. The molecule has 0 radical (unpaired) electrons. The quantitative estimate of drug-likeness (QED) is 0.650. The number of hydrogen-bond donors (Lipinski definition) is 2. The molecule has 1 aliphatic heterocycles. The summed E-state index contributed by atoms with van der Waals surface area (Å²) in [7, 11) is 0. The zero-order valence-electron chi connectivity index (χ0n) is 7.88. The van der Waals surface area contributed by atoms with Crippen LogP contribution in [0.15, 0.2) is 0 Å². The summed E-state index contributed by atoms with van der Waals surface area (Å²) in [5, 5.41) is 6.21. The van der Waals surface area contributed by atoms with Gasteiger partial charge in [0.1, 0.15) is 0 Å². The van der Waals surface area contributed by atoms with Gasteiger partial charge >= 0.3 is 6.09 Å². The van der Waals surface area contributed by atoms with Crippen LogP contribution in [0.4, 0.5) is 4.79 Å². The van der Waals surface area contributed by atoms with Crippen LogP contribution in [0.2, 0.25) is 0 Å². The van der Waals surface area contributed by atoms with E-state index in [0.29, 0.717) is 24.5 Å². The van der Waals surface area contributed by atoms with Gasteiger partial charge in [0.05, 0.1) is 6.61 Å². The molecule has 2 fully saturated rings. The van der Waals surface area contributed by atoms with E-state index in [0.717, 1.165) is 13.1 Å². The lowest BCUT2D eigenvalue weighted by atomic mass is 10.2. The van der Waals surface area contributed by atoms with E-state index in [9.17, 15) is 4.79 Å². The standard InChI is InChI=1S/C9H16N2O2/c1-2-13-9(12)11-8-6-3-4-10-5-7(6)8/h6-8,10H,2-5H2,1H3,(H,11,12). The first-order chi connectivity index (χ1) is 6.33. The van der Waals surface area contributed by atoms with E-state index >= 15 is 0 Å². The molecule has 0 aromatic heterocycles. The maximum Gasteiger partial charge on any atom is 0.407 e. The molecule has 2 N–H and O–H groups in total. The summed E-state index contributed by atoms with van der Waals surface area (Å²) in [6.07, 6.45) is 0.920. The lowest BCUT2D eigenvalue weighted by Crippen LogP contribution is -2.29. The second-order valence-electron chi connectivity index (χ2n) is 3.71. The number of ether oxygens (including phenoxy) is 1. The molecule has 4 nitrogen and oxygen atoms in total. The van der Waals surface area contributed by atoms with Crippen molar-refractivity contribution in [2.45, 2.75) is 19.4 Å². The second-order valence-corrected chi connectivity index (χ2v) is 3.71. The average molecular weight is 184 g/mol. The highest BCUT2D eigenvalue weighted by Gasteiger charge is 2.51. The van der Waals surface area contributed by atoms with E-state index in [2.05, 4.69) is 10.6 Å². The van der Waals surface area contributed by atoms with Crippen LogP contribution in [0, 0.1) is 11.8 Å². The molecule has 0 bridgehead atoms. The van der Waals surface area contributed by atoms with Crippen molar-refractivity contribution in [2.24, 2.45) is 11.8 Å². The van der Waals surface area contributed by atoms with Crippen LogP contribution in [0.5, 0.6) is 0 Å². The molecule has 4 heteroatoms. The summed E-state index contributed by atoms with van der Waals surface area (Å²) in [4.78, 5) is 11.1. The van der Waals surface area contributed by atoms with Crippen molar-refractivity contribution in [1.82, 2.24) is 10.6 Å². The van der Waals surface area contributed by atoms with Crippen molar-refractivity contribution < 1.29 is 9.53 Å². The Balaban J connectivity index is 1.75. The first kappa shape index (κ1) is 8.81. The smallest absolute Gasteiger partial charge is 0.407 e. The predicted molar refractivity (Wildman–Crippen MR) is 48.4 cm³/mol. The molecule has 2 aliphatic rings. The monoisotopic (exact) mass is 184 g/mol. The average Bonchev–Trinajstić information content (AvgIpc) is 2.80. The Morgan fingerprint density at radius 3 is 3.08 bits per heavy atom. The zero-order chi connectivity index (χ0) is 9.26. The minimum atomic E-state index is -0.262. The Hall–Kier alpha value is -0.770. The van der Waals surface area contributed by atoms with Gasteiger partial charge in [-0.15, -0.1) is 0 Å². The Morgan fingerprint density at radius 1 is 1.62 bits per heavy atom. The van der Waals surface area contributed by atoms with Crippen LogP contribution < -0.4 is 10.6 Å². The molecule has 0 aromatic rings. The molecule has 3 atom stereocenters. The molecular weight excluding hydrogens is 168 g/mol. The van der Waals surface area contributed by atoms with E-state index in [-0.39, 0.29) is 6.09 Å². The molecule has 1 saturated heterocycles. The fraction of sp³-hybridized carbons (Fsp3) is 0.889. The normalized spacial score (nSPS) is 36.2. The number of piperidine rings is 1. The van der Waals surface area contributed by atoms with Gasteiger partial charge in [0.15, 0.2) is 0 Å². The molecule has 0 spiro atoms. The van der Waals surface area contributed by atoms with Crippen LogP contribution >= 0.6 is 0 Å². The van der Waals surface area contributed by atoms with Gasteiger partial charge < -0.3 is 15.4 Å². The third kappa shape index (κ3) is 1.77. The Kier molecular flexibility index (Phi) is 2.40. The minimum Gasteiger partial charge on any atom is -0.450 e.